The Morgan fingerprint density at radius 2 is 2.15 bits per heavy atom. The van der Waals surface area contributed by atoms with Crippen molar-refractivity contribution >= 4 is 61.5 Å². The number of rotatable bonds is 4. The number of para-hydroxylation sites is 1. The summed E-state index contributed by atoms with van der Waals surface area (Å²) in [5, 5.41) is 2.80. The number of thiophene rings is 1. The Morgan fingerprint density at radius 1 is 1.30 bits per heavy atom. The van der Waals surface area contributed by atoms with Crippen LogP contribution in [0.4, 0.5) is 0 Å². The van der Waals surface area contributed by atoms with Crippen LogP contribution < -0.4 is 0 Å². The summed E-state index contributed by atoms with van der Waals surface area (Å²) < 4.78 is 3.28. The maximum absolute atomic E-state index is 6.35. The zero-order chi connectivity index (χ0) is 14.1. The molecular formula is C14H11BrCl2N2S. The second-order valence-corrected chi connectivity index (χ2v) is 6.99. The molecule has 2 nitrogen and oxygen atoms in total. The van der Waals surface area contributed by atoms with E-state index in [-0.39, 0.29) is 0 Å². The Bertz CT molecular complexity index is 751. The number of fused-ring (bicyclic) bond motifs is 1. The third-order valence-electron chi connectivity index (χ3n) is 3.11. The van der Waals surface area contributed by atoms with Crippen molar-refractivity contribution in [3.8, 4) is 0 Å². The van der Waals surface area contributed by atoms with Gasteiger partial charge in [-0.25, -0.2) is 4.98 Å². The molecule has 0 aliphatic carbocycles. The van der Waals surface area contributed by atoms with Gasteiger partial charge in [-0.2, -0.15) is 0 Å². The summed E-state index contributed by atoms with van der Waals surface area (Å²) in [5.74, 6) is 1.52. The molecule has 0 aliphatic heterocycles. The monoisotopic (exact) mass is 388 g/mol. The maximum Gasteiger partial charge on any atom is 0.111 e. The van der Waals surface area contributed by atoms with E-state index < -0.39 is 0 Å². The van der Waals surface area contributed by atoms with Crippen molar-refractivity contribution in [1.29, 1.82) is 0 Å². The zero-order valence-electron chi connectivity index (χ0n) is 10.4. The van der Waals surface area contributed by atoms with Crippen LogP contribution in [-0.4, -0.2) is 15.4 Å². The number of hydrogen-bond donors (Lipinski definition) is 0. The highest BCUT2D eigenvalue weighted by atomic mass is 79.9. The first-order valence-electron chi connectivity index (χ1n) is 6.12. The van der Waals surface area contributed by atoms with Gasteiger partial charge in [0.15, 0.2) is 0 Å². The standard InChI is InChI=1S/C14H11BrCl2N2S/c15-9-5-7-20-12(9)8-19-13(4-6-16)18-11-3-1-2-10(17)14(11)19/h1-3,5,7H,4,6,8H2. The van der Waals surface area contributed by atoms with Gasteiger partial charge in [0.2, 0.25) is 0 Å². The predicted molar refractivity (Wildman–Crippen MR) is 90.3 cm³/mol. The van der Waals surface area contributed by atoms with Crippen LogP contribution in [0.5, 0.6) is 0 Å². The fourth-order valence-corrected chi connectivity index (χ4v) is 4.12. The van der Waals surface area contributed by atoms with Gasteiger partial charge in [-0.3, -0.25) is 0 Å². The molecule has 3 aromatic rings. The van der Waals surface area contributed by atoms with Gasteiger partial charge >= 0.3 is 0 Å². The van der Waals surface area contributed by atoms with E-state index >= 15 is 0 Å². The second-order valence-electron chi connectivity index (χ2n) is 4.35. The van der Waals surface area contributed by atoms with E-state index in [9.17, 15) is 0 Å². The van der Waals surface area contributed by atoms with Gasteiger partial charge in [0, 0.05) is 21.7 Å². The van der Waals surface area contributed by atoms with Gasteiger partial charge in [-0.15, -0.1) is 22.9 Å². The first-order valence-corrected chi connectivity index (χ1v) is 8.70. The number of aryl methyl sites for hydroxylation is 1. The normalized spacial score (nSPS) is 11.3. The van der Waals surface area contributed by atoms with Crippen LogP contribution in [0.1, 0.15) is 10.7 Å². The summed E-state index contributed by atoms with van der Waals surface area (Å²) in [6.45, 7) is 0.755. The van der Waals surface area contributed by atoms with E-state index in [0.717, 1.165) is 39.3 Å². The van der Waals surface area contributed by atoms with Crippen molar-refractivity contribution in [3.05, 3.63) is 49.8 Å². The lowest BCUT2D eigenvalue weighted by Crippen LogP contribution is -2.05. The number of imidazole rings is 1. The number of nitrogens with zero attached hydrogens (tertiary/aromatic N) is 2. The molecule has 0 unspecified atom stereocenters. The first kappa shape index (κ1) is 14.4. The number of hydrogen-bond acceptors (Lipinski definition) is 2. The minimum absolute atomic E-state index is 0.548. The van der Waals surface area contributed by atoms with Crippen molar-refractivity contribution in [2.75, 3.05) is 5.88 Å². The van der Waals surface area contributed by atoms with Gasteiger partial charge in [-0.05, 0) is 39.5 Å². The van der Waals surface area contributed by atoms with Crippen molar-refractivity contribution < 1.29 is 0 Å². The molecule has 0 radical (unpaired) electrons. The molecule has 0 aliphatic rings. The largest absolute Gasteiger partial charge is 0.321 e. The van der Waals surface area contributed by atoms with Crippen LogP contribution in [0.3, 0.4) is 0 Å². The number of alkyl halides is 1. The molecule has 3 rings (SSSR count). The van der Waals surface area contributed by atoms with Gasteiger partial charge in [-0.1, -0.05) is 17.7 Å². The smallest absolute Gasteiger partial charge is 0.111 e. The van der Waals surface area contributed by atoms with Crippen LogP contribution in [-0.2, 0) is 13.0 Å². The predicted octanol–water partition coefficient (Wildman–Crippen LogP) is 5.34. The molecule has 6 heteroatoms. The van der Waals surface area contributed by atoms with Gasteiger partial charge in [0.05, 0.1) is 22.6 Å². The average Bonchev–Trinajstić information content (AvgIpc) is 2.97. The minimum Gasteiger partial charge on any atom is -0.321 e. The molecule has 20 heavy (non-hydrogen) atoms. The Hall–Kier alpha value is -0.550. The quantitative estimate of drug-likeness (QED) is 0.550. The lowest BCUT2D eigenvalue weighted by molar-refractivity contribution is 0.761. The third kappa shape index (κ3) is 2.62. The molecule has 0 saturated heterocycles. The molecule has 0 atom stereocenters. The summed E-state index contributed by atoms with van der Waals surface area (Å²) in [6.07, 6.45) is 0.732. The molecule has 0 fully saturated rings. The number of benzene rings is 1. The van der Waals surface area contributed by atoms with Crippen molar-refractivity contribution in [2.24, 2.45) is 0 Å². The van der Waals surface area contributed by atoms with Gasteiger partial charge < -0.3 is 4.57 Å². The number of halogens is 3. The summed E-state index contributed by atoms with van der Waals surface area (Å²) in [5.41, 5.74) is 1.90. The molecule has 2 aromatic heterocycles. The van der Waals surface area contributed by atoms with Crippen LogP contribution in [0.15, 0.2) is 34.1 Å². The lowest BCUT2D eigenvalue weighted by Gasteiger charge is -2.08. The third-order valence-corrected chi connectivity index (χ3v) is 5.51. The second kappa shape index (κ2) is 6.06. The highest BCUT2D eigenvalue weighted by Gasteiger charge is 2.14. The lowest BCUT2D eigenvalue weighted by atomic mass is 10.3. The van der Waals surface area contributed by atoms with E-state index in [1.807, 2.05) is 18.2 Å². The molecule has 1 aromatic carbocycles. The summed E-state index contributed by atoms with van der Waals surface area (Å²) in [4.78, 5) is 5.91. The maximum atomic E-state index is 6.35. The molecule has 2 heterocycles. The van der Waals surface area contributed by atoms with E-state index in [2.05, 4.69) is 36.9 Å². The fraction of sp³-hybridized carbons (Fsp3) is 0.214. The minimum atomic E-state index is 0.548. The molecule has 0 N–H and O–H groups in total. The van der Waals surface area contributed by atoms with Crippen LogP contribution in [0, 0.1) is 0 Å². The van der Waals surface area contributed by atoms with Crippen molar-refractivity contribution in [2.45, 2.75) is 13.0 Å². The van der Waals surface area contributed by atoms with Crippen LogP contribution in [0.2, 0.25) is 5.02 Å². The van der Waals surface area contributed by atoms with E-state index in [1.54, 1.807) is 11.3 Å². The fourth-order valence-electron chi connectivity index (χ4n) is 2.22. The average molecular weight is 390 g/mol. The Balaban J connectivity index is 2.15. The SMILES string of the molecule is ClCCc1nc2cccc(Cl)c2n1Cc1sccc1Br. The van der Waals surface area contributed by atoms with Crippen molar-refractivity contribution in [1.82, 2.24) is 9.55 Å². The first-order chi connectivity index (χ1) is 9.70. The Labute approximate surface area is 139 Å². The number of aromatic nitrogens is 2. The molecule has 0 amide bonds. The molecule has 0 bridgehead atoms. The summed E-state index contributed by atoms with van der Waals surface area (Å²) in [6, 6.07) is 7.87. The van der Waals surface area contributed by atoms with Crippen LogP contribution >= 0.6 is 50.5 Å². The highest BCUT2D eigenvalue weighted by molar-refractivity contribution is 9.10. The van der Waals surface area contributed by atoms with Crippen LogP contribution in [0.25, 0.3) is 11.0 Å². The molecule has 104 valence electrons. The van der Waals surface area contributed by atoms with E-state index in [1.165, 1.54) is 4.88 Å². The molecular weight excluding hydrogens is 379 g/mol. The topological polar surface area (TPSA) is 17.8 Å². The van der Waals surface area contributed by atoms with Gasteiger partial charge in [0.1, 0.15) is 5.82 Å². The molecule has 0 saturated carbocycles. The van der Waals surface area contributed by atoms with Crippen molar-refractivity contribution in [3.63, 3.8) is 0 Å². The Kier molecular flexibility index (Phi) is 4.36. The highest BCUT2D eigenvalue weighted by Crippen LogP contribution is 2.29. The van der Waals surface area contributed by atoms with Gasteiger partial charge in [0.25, 0.3) is 0 Å². The molecule has 0 spiro atoms. The Morgan fingerprint density at radius 3 is 2.85 bits per heavy atom. The summed E-state index contributed by atoms with van der Waals surface area (Å²) >= 11 is 17.5. The van der Waals surface area contributed by atoms with E-state index in [4.69, 9.17) is 23.2 Å². The zero-order valence-corrected chi connectivity index (χ0v) is 14.4. The van der Waals surface area contributed by atoms with E-state index in [0.29, 0.717) is 5.88 Å². The summed E-state index contributed by atoms with van der Waals surface area (Å²) in [7, 11) is 0.